The maximum atomic E-state index is 9.54. The predicted molar refractivity (Wildman–Crippen MR) is 68.5 cm³/mol. The molecule has 1 rings (SSSR count). The molecule has 0 radical (unpaired) electrons. The van der Waals surface area contributed by atoms with Crippen LogP contribution in [0.5, 0.6) is 0 Å². The molecule has 0 spiro atoms. The largest absolute Gasteiger partial charge is 0.392 e. The number of hydrogen-bond donors (Lipinski definition) is 2. The van der Waals surface area contributed by atoms with Crippen molar-refractivity contribution in [3.63, 3.8) is 0 Å². The van der Waals surface area contributed by atoms with Gasteiger partial charge in [-0.3, -0.25) is 0 Å². The van der Waals surface area contributed by atoms with E-state index in [1.807, 2.05) is 6.92 Å². The monoisotopic (exact) mass is 231 g/mol. The van der Waals surface area contributed by atoms with Crippen molar-refractivity contribution in [2.45, 2.75) is 63.3 Å². The first-order chi connectivity index (χ1) is 7.27. The Kier molecular flexibility index (Phi) is 6.69. The molecule has 2 nitrogen and oxygen atoms in total. The van der Waals surface area contributed by atoms with Crippen molar-refractivity contribution in [1.82, 2.24) is 5.32 Å². The SMILES string of the molecule is CCS[C@H]1CCCC[C@H]1NC[C@H](O)CC. The van der Waals surface area contributed by atoms with Crippen molar-refractivity contribution in [3.8, 4) is 0 Å². The summed E-state index contributed by atoms with van der Waals surface area (Å²) in [6.45, 7) is 5.03. The smallest absolute Gasteiger partial charge is 0.0662 e. The normalized spacial score (nSPS) is 29.0. The van der Waals surface area contributed by atoms with Crippen LogP contribution in [0.2, 0.25) is 0 Å². The van der Waals surface area contributed by atoms with Gasteiger partial charge in [-0.25, -0.2) is 0 Å². The summed E-state index contributed by atoms with van der Waals surface area (Å²) in [6.07, 6.45) is 6.05. The van der Waals surface area contributed by atoms with E-state index in [9.17, 15) is 5.11 Å². The molecule has 0 aliphatic heterocycles. The fourth-order valence-corrected chi connectivity index (χ4v) is 3.40. The van der Waals surface area contributed by atoms with Crippen LogP contribution >= 0.6 is 11.8 Å². The van der Waals surface area contributed by atoms with Gasteiger partial charge in [0.15, 0.2) is 0 Å². The number of aliphatic hydroxyl groups is 1. The van der Waals surface area contributed by atoms with Crippen LogP contribution in [0.15, 0.2) is 0 Å². The molecule has 90 valence electrons. The van der Waals surface area contributed by atoms with Crippen molar-refractivity contribution < 1.29 is 5.11 Å². The van der Waals surface area contributed by atoms with Gasteiger partial charge in [0.1, 0.15) is 0 Å². The molecule has 0 unspecified atom stereocenters. The second-order valence-electron chi connectivity index (χ2n) is 4.36. The van der Waals surface area contributed by atoms with E-state index in [0.29, 0.717) is 6.04 Å². The lowest BCUT2D eigenvalue weighted by molar-refractivity contribution is 0.159. The number of thioether (sulfide) groups is 1. The minimum Gasteiger partial charge on any atom is -0.392 e. The van der Waals surface area contributed by atoms with Crippen LogP contribution in [0.25, 0.3) is 0 Å². The minimum absolute atomic E-state index is 0.167. The molecule has 1 aliphatic rings. The minimum atomic E-state index is -0.167. The van der Waals surface area contributed by atoms with E-state index in [1.54, 1.807) is 0 Å². The van der Waals surface area contributed by atoms with E-state index >= 15 is 0 Å². The van der Waals surface area contributed by atoms with Gasteiger partial charge in [0.2, 0.25) is 0 Å². The fourth-order valence-electron chi connectivity index (χ4n) is 2.18. The lowest BCUT2D eigenvalue weighted by Crippen LogP contribution is -2.43. The molecule has 0 aromatic rings. The topological polar surface area (TPSA) is 32.3 Å². The van der Waals surface area contributed by atoms with Crippen LogP contribution < -0.4 is 5.32 Å². The average Bonchev–Trinajstić information content (AvgIpc) is 2.28. The zero-order valence-electron chi connectivity index (χ0n) is 10.0. The Balaban J connectivity index is 2.28. The quantitative estimate of drug-likeness (QED) is 0.736. The van der Waals surface area contributed by atoms with Gasteiger partial charge in [-0.05, 0) is 25.0 Å². The van der Waals surface area contributed by atoms with Crippen molar-refractivity contribution in [2.24, 2.45) is 0 Å². The van der Waals surface area contributed by atoms with Gasteiger partial charge >= 0.3 is 0 Å². The van der Waals surface area contributed by atoms with E-state index in [1.165, 1.54) is 31.4 Å². The Morgan fingerprint density at radius 1 is 1.33 bits per heavy atom. The summed E-state index contributed by atoms with van der Waals surface area (Å²) in [4.78, 5) is 0. The molecular weight excluding hydrogens is 206 g/mol. The van der Waals surface area contributed by atoms with Crippen LogP contribution in [0.3, 0.4) is 0 Å². The van der Waals surface area contributed by atoms with Crippen LogP contribution in [0, 0.1) is 0 Å². The predicted octanol–water partition coefficient (Wildman–Crippen LogP) is 2.41. The Labute approximate surface area is 98.2 Å². The van der Waals surface area contributed by atoms with E-state index in [-0.39, 0.29) is 6.10 Å². The first-order valence-corrected chi connectivity index (χ1v) is 7.35. The van der Waals surface area contributed by atoms with Gasteiger partial charge in [0.05, 0.1) is 6.10 Å². The molecule has 1 aliphatic carbocycles. The van der Waals surface area contributed by atoms with Gasteiger partial charge in [0, 0.05) is 17.8 Å². The van der Waals surface area contributed by atoms with E-state index in [0.717, 1.165) is 18.2 Å². The van der Waals surface area contributed by atoms with Gasteiger partial charge in [0.25, 0.3) is 0 Å². The van der Waals surface area contributed by atoms with Crippen molar-refractivity contribution in [3.05, 3.63) is 0 Å². The van der Waals surface area contributed by atoms with E-state index in [4.69, 9.17) is 0 Å². The molecule has 3 atom stereocenters. The Morgan fingerprint density at radius 3 is 2.73 bits per heavy atom. The highest BCUT2D eigenvalue weighted by molar-refractivity contribution is 7.99. The molecule has 1 saturated carbocycles. The number of aliphatic hydroxyl groups excluding tert-OH is 1. The Morgan fingerprint density at radius 2 is 2.07 bits per heavy atom. The standard InChI is InChI=1S/C12H25NOS/c1-3-10(14)9-13-11-7-5-6-8-12(11)15-4-2/h10-14H,3-9H2,1-2H3/t10-,11-,12+/m1/s1. The molecule has 2 N–H and O–H groups in total. The number of hydrogen-bond acceptors (Lipinski definition) is 3. The maximum absolute atomic E-state index is 9.54. The van der Waals surface area contributed by atoms with Gasteiger partial charge in [-0.15, -0.1) is 0 Å². The summed E-state index contributed by atoms with van der Waals surface area (Å²) < 4.78 is 0. The van der Waals surface area contributed by atoms with E-state index < -0.39 is 0 Å². The summed E-state index contributed by atoms with van der Waals surface area (Å²) in [5, 5.41) is 13.8. The number of nitrogens with one attached hydrogen (secondary N) is 1. The third-order valence-corrected chi connectivity index (χ3v) is 4.50. The van der Waals surface area contributed by atoms with Gasteiger partial charge in [-0.1, -0.05) is 26.7 Å². The molecule has 0 saturated heterocycles. The molecular formula is C12H25NOS. The lowest BCUT2D eigenvalue weighted by atomic mass is 9.94. The van der Waals surface area contributed by atoms with Crippen molar-refractivity contribution >= 4 is 11.8 Å². The highest BCUT2D eigenvalue weighted by atomic mass is 32.2. The first kappa shape index (κ1) is 13.3. The Bertz CT molecular complexity index is 164. The van der Waals surface area contributed by atoms with Crippen molar-refractivity contribution in [1.29, 1.82) is 0 Å². The summed E-state index contributed by atoms with van der Waals surface area (Å²) in [6, 6.07) is 0.630. The van der Waals surface area contributed by atoms with E-state index in [2.05, 4.69) is 24.0 Å². The molecule has 1 fully saturated rings. The second-order valence-corrected chi connectivity index (χ2v) is 5.87. The first-order valence-electron chi connectivity index (χ1n) is 6.31. The number of rotatable bonds is 6. The third kappa shape index (κ3) is 4.75. The van der Waals surface area contributed by atoms with Crippen LogP contribution in [0.4, 0.5) is 0 Å². The molecule has 3 heteroatoms. The molecule has 0 amide bonds. The fraction of sp³-hybridized carbons (Fsp3) is 1.00. The molecule has 0 heterocycles. The molecule has 0 aromatic carbocycles. The summed E-state index contributed by atoms with van der Waals surface area (Å²) in [5.74, 6) is 1.21. The van der Waals surface area contributed by atoms with Crippen LogP contribution in [-0.4, -0.2) is 34.8 Å². The Hall–Kier alpha value is 0.270. The second kappa shape index (κ2) is 7.53. The maximum Gasteiger partial charge on any atom is 0.0662 e. The van der Waals surface area contributed by atoms with Gasteiger partial charge < -0.3 is 10.4 Å². The summed E-state index contributed by atoms with van der Waals surface area (Å²) in [5.41, 5.74) is 0. The highest BCUT2D eigenvalue weighted by Gasteiger charge is 2.24. The zero-order chi connectivity index (χ0) is 11.1. The zero-order valence-corrected chi connectivity index (χ0v) is 10.9. The molecule has 0 bridgehead atoms. The lowest BCUT2D eigenvalue weighted by Gasteiger charge is -2.32. The molecule has 15 heavy (non-hydrogen) atoms. The average molecular weight is 231 g/mol. The van der Waals surface area contributed by atoms with Crippen molar-refractivity contribution in [2.75, 3.05) is 12.3 Å². The molecule has 0 aromatic heterocycles. The van der Waals surface area contributed by atoms with Crippen LogP contribution in [0.1, 0.15) is 46.0 Å². The summed E-state index contributed by atoms with van der Waals surface area (Å²) >= 11 is 2.08. The third-order valence-electron chi connectivity index (χ3n) is 3.17. The highest BCUT2D eigenvalue weighted by Crippen LogP contribution is 2.28. The summed E-state index contributed by atoms with van der Waals surface area (Å²) in [7, 11) is 0. The van der Waals surface area contributed by atoms with Gasteiger partial charge in [-0.2, -0.15) is 11.8 Å². The van der Waals surface area contributed by atoms with Crippen LogP contribution in [-0.2, 0) is 0 Å².